The topological polar surface area (TPSA) is 77.1 Å². The van der Waals surface area contributed by atoms with E-state index in [1.54, 1.807) is 23.1 Å². The number of para-hydroxylation sites is 3. The highest BCUT2D eigenvalue weighted by molar-refractivity contribution is 5.96. The third-order valence-corrected chi connectivity index (χ3v) is 5.10. The second-order valence-electron chi connectivity index (χ2n) is 7.87. The molecule has 0 saturated heterocycles. The Hall–Kier alpha value is -4.00. The minimum absolute atomic E-state index is 0.0355. The van der Waals surface area contributed by atoms with Crippen LogP contribution >= 0.6 is 0 Å². The van der Waals surface area contributed by atoms with E-state index < -0.39 is 12.1 Å². The van der Waals surface area contributed by atoms with Gasteiger partial charge in [-0.25, -0.2) is 4.79 Å². The zero-order valence-corrected chi connectivity index (χ0v) is 18.6. The lowest BCUT2D eigenvalue weighted by Gasteiger charge is -2.28. The monoisotopic (exact) mass is 446 g/mol. The van der Waals surface area contributed by atoms with Crippen LogP contribution in [0.25, 0.3) is 0 Å². The number of ether oxygens (including phenoxy) is 3. The smallest absolute Gasteiger partial charge is 0.351 e. The molecule has 0 saturated carbocycles. The first-order valence-electron chi connectivity index (χ1n) is 10.8. The summed E-state index contributed by atoms with van der Waals surface area (Å²) in [5.41, 5.74) is 2.60. The predicted octanol–water partition coefficient (Wildman–Crippen LogP) is 4.55. The summed E-state index contributed by atoms with van der Waals surface area (Å²) in [6.07, 6.45) is -0.913. The molecule has 170 valence electrons. The summed E-state index contributed by atoms with van der Waals surface area (Å²) in [4.78, 5) is 27.0. The van der Waals surface area contributed by atoms with Crippen molar-refractivity contribution in [1.29, 1.82) is 0 Å². The number of hydrogen-bond acceptors (Lipinski definition) is 6. The molecule has 7 heteroatoms. The Morgan fingerprint density at radius 3 is 2.27 bits per heavy atom. The van der Waals surface area contributed by atoms with Crippen LogP contribution in [0.5, 0.6) is 11.5 Å². The van der Waals surface area contributed by atoms with Crippen LogP contribution in [0, 0.1) is 0 Å². The molecule has 1 atom stereocenters. The van der Waals surface area contributed by atoms with Gasteiger partial charge in [-0.05, 0) is 62.4 Å². The SMILES string of the molecule is CC(C)N(C(=O)COC(=O)C1COc2ccccc2O1)c1ccc(Nc2ccccc2)cc1. The van der Waals surface area contributed by atoms with Crippen LogP contribution in [0.2, 0.25) is 0 Å². The Morgan fingerprint density at radius 1 is 0.939 bits per heavy atom. The number of rotatable bonds is 7. The van der Waals surface area contributed by atoms with E-state index >= 15 is 0 Å². The molecule has 1 heterocycles. The number of fused-ring (bicyclic) bond motifs is 1. The largest absolute Gasteiger partial charge is 0.485 e. The number of carbonyl (C=O) groups is 2. The van der Waals surface area contributed by atoms with Crippen LogP contribution in [-0.2, 0) is 14.3 Å². The third-order valence-electron chi connectivity index (χ3n) is 5.10. The average Bonchev–Trinajstić information content (AvgIpc) is 2.84. The van der Waals surface area contributed by atoms with E-state index in [9.17, 15) is 9.59 Å². The van der Waals surface area contributed by atoms with Crippen molar-refractivity contribution in [2.75, 3.05) is 23.4 Å². The van der Waals surface area contributed by atoms with Crippen molar-refractivity contribution < 1.29 is 23.8 Å². The minimum Gasteiger partial charge on any atom is -0.485 e. The molecule has 0 aromatic heterocycles. The Bertz CT molecular complexity index is 1100. The molecule has 0 fully saturated rings. The van der Waals surface area contributed by atoms with E-state index in [1.165, 1.54) is 0 Å². The molecular weight excluding hydrogens is 420 g/mol. The molecule has 3 aromatic carbocycles. The summed E-state index contributed by atoms with van der Waals surface area (Å²) >= 11 is 0. The molecule has 1 N–H and O–H groups in total. The van der Waals surface area contributed by atoms with E-state index in [0.717, 1.165) is 17.1 Å². The van der Waals surface area contributed by atoms with Gasteiger partial charge in [0.1, 0.15) is 6.61 Å². The average molecular weight is 447 g/mol. The zero-order chi connectivity index (χ0) is 23.2. The molecule has 0 bridgehead atoms. The Morgan fingerprint density at radius 2 is 1.58 bits per heavy atom. The molecule has 4 rings (SSSR count). The number of amides is 1. The minimum atomic E-state index is -0.913. The summed E-state index contributed by atoms with van der Waals surface area (Å²) in [6.45, 7) is 3.46. The highest BCUT2D eigenvalue weighted by atomic mass is 16.6. The zero-order valence-electron chi connectivity index (χ0n) is 18.6. The number of esters is 1. The molecule has 0 radical (unpaired) electrons. The summed E-state index contributed by atoms with van der Waals surface area (Å²) in [7, 11) is 0. The van der Waals surface area contributed by atoms with E-state index in [4.69, 9.17) is 14.2 Å². The highest BCUT2D eigenvalue weighted by Crippen LogP contribution is 2.31. The van der Waals surface area contributed by atoms with Crippen molar-refractivity contribution in [2.45, 2.75) is 26.0 Å². The maximum absolute atomic E-state index is 12.9. The maximum Gasteiger partial charge on any atom is 0.351 e. The number of hydrogen-bond donors (Lipinski definition) is 1. The maximum atomic E-state index is 12.9. The first-order valence-corrected chi connectivity index (χ1v) is 10.8. The third kappa shape index (κ3) is 5.44. The van der Waals surface area contributed by atoms with E-state index in [0.29, 0.717) is 11.5 Å². The van der Waals surface area contributed by atoms with Crippen LogP contribution in [0.4, 0.5) is 17.1 Å². The fraction of sp³-hybridized carbons (Fsp3) is 0.231. The van der Waals surface area contributed by atoms with Crippen molar-refractivity contribution in [3.05, 3.63) is 78.9 Å². The van der Waals surface area contributed by atoms with Gasteiger partial charge in [0.25, 0.3) is 5.91 Å². The van der Waals surface area contributed by atoms with Gasteiger partial charge < -0.3 is 24.4 Å². The summed E-state index contributed by atoms with van der Waals surface area (Å²) in [5, 5.41) is 3.31. The molecule has 1 aliphatic heterocycles. The van der Waals surface area contributed by atoms with Gasteiger partial charge in [-0.1, -0.05) is 30.3 Å². The molecule has 0 spiro atoms. The lowest BCUT2D eigenvalue weighted by atomic mass is 10.2. The van der Waals surface area contributed by atoms with Gasteiger partial charge >= 0.3 is 5.97 Å². The standard InChI is InChI=1S/C26H26N2O5/c1-18(2)28(21-14-12-20(13-15-21)27-19-8-4-3-5-9-19)25(29)17-32-26(30)24-16-31-22-10-6-7-11-23(22)33-24/h3-15,18,24,27H,16-17H2,1-2H3. The highest BCUT2D eigenvalue weighted by Gasteiger charge is 2.30. The van der Waals surface area contributed by atoms with Crippen molar-refractivity contribution in [3.8, 4) is 11.5 Å². The summed E-state index contributed by atoms with van der Waals surface area (Å²) in [6, 6.07) is 24.3. The lowest BCUT2D eigenvalue weighted by Crippen LogP contribution is -2.42. The lowest BCUT2D eigenvalue weighted by molar-refractivity contribution is -0.157. The van der Waals surface area contributed by atoms with Gasteiger partial charge in [0.2, 0.25) is 6.10 Å². The van der Waals surface area contributed by atoms with Crippen molar-refractivity contribution in [1.82, 2.24) is 0 Å². The normalized spacial score (nSPS) is 14.5. The number of nitrogens with zero attached hydrogens (tertiary/aromatic N) is 1. The molecular formula is C26H26N2O5. The van der Waals surface area contributed by atoms with E-state index in [2.05, 4.69) is 5.32 Å². The Balaban J connectivity index is 1.36. The van der Waals surface area contributed by atoms with Crippen LogP contribution < -0.4 is 19.7 Å². The van der Waals surface area contributed by atoms with Crippen LogP contribution in [0.15, 0.2) is 78.9 Å². The Labute approximate surface area is 192 Å². The molecule has 33 heavy (non-hydrogen) atoms. The fourth-order valence-corrected chi connectivity index (χ4v) is 3.55. The van der Waals surface area contributed by atoms with Gasteiger partial charge in [-0.3, -0.25) is 4.79 Å². The van der Waals surface area contributed by atoms with Crippen molar-refractivity contribution in [3.63, 3.8) is 0 Å². The molecule has 1 unspecified atom stereocenters. The second-order valence-corrected chi connectivity index (χ2v) is 7.87. The Kier molecular flexibility index (Phi) is 6.78. The molecule has 7 nitrogen and oxygen atoms in total. The molecule has 1 amide bonds. The number of carbonyl (C=O) groups excluding carboxylic acids is 2. The van der Waals surface area contributed by atoms with Crippen LogP contribution in [0.3, 0.4) is 0 Å². The van der Waals surface area contributed by atoms with Crippen molar-refractivity contribution >= 4 is 28.9 Å². The van der Waals surface area contributed by atoms with Gasteiger partial charge in [0.05, 0.1) is 0 Å². The molecule has 1 aliphatic rings. The van der Waals surface area contributed by atoms with Gasteiger partial charge in [0.15, 0.2) is 18.1 Å². The summed E-state index contributed by atoms with van der Waals surface area (Å²) < 4.78 is 16.5. The predicted molar refractivity (Wildman–Crippen MR) is 126 cm³/mol. The molecule has 3 aromatic rings. The quantitative estimate of drug-likeness (QED) is 0.537. The molecule has 0 aliphatic carbocycles. The van der Waals surface area contributed by atoms with Gasteiger partial charge in [-0.15, -0.1) is 0 Å². The first-order chi connectivity index (χ1) is 16.0. The summed E-state index contributed by atoms with van der Waals surface area (Å²) in [5.74, 6) is 0.0991. The van der Waals surface area contributed by atoms with E-state index in [-0.39, 0.29) is 25.2 Å². The van der Waals surface area contributed by atoms with Crippen LogP contribution in [-0.4, -0.2) is 37.2 Å². The van der Waals surface area contributed by atoms with Gasteiger partial charge in [-0.2, -0.15) is 0 Å². The van der Waals surface area contributed by atoms with E-state index in [1.807, 2.05) is 74.5 Å². The van der Waals surface area contributed by atoms with Crippen molar-refractivity contribution in [2.24, 2.45) is 0 Å². The fourth-order valence-electron chi connectivity index (χ4n) is 3.55. The van der Waals surface area contributed by atoms with Crippen LogP contribution in [0.1, 0.15) is 13.8 Å². The number of nitrogens with one attached hydrogen (secondary N) is 1. The second kappa shape index (κ2) is 10.1. The van der Waals surface area contributed by atoms with Gasteiger partial charge in [0, 0.05) is 23.1 Å². The number of anilines is 3. The first kappa shape index (κ1) is 22.2. The number of benzene rings is 3.